The van der Waals surface area contributed by atoms with E-state index in [4.69, 9.17) is 5.73 Å². The van der Waals surface area contributed by atoms with Crippen molar-refractivity contribution in [1.29, 1.82) is 0 Å². The van der Waals surface area contributed by atoms with Gasteiger partial charge in [0.25, 0.3) is 0 Å². The molecule has 6 rings (SSSR count). The average molecular weight is 798 g/mol. The number of thiazole rings is 1. The summed E-state index contributed by atoms with van der Waals surface area (Å²) < 4.78 is 0. The van der Waals surface area contributed by atoms with Gasteiger partial charge in [-0.1, -0.05) is 57.2 Å². The highest BCUT2D eigenvalue weighted by molar-refractivity contribution is 7.13. The number of anilines is 2. The van der Waals surface area contributed by atoms with Gasteiger partial charge in [0.2, 0.25) is 23.6 Å². The van der Waals surface area contributed by atoms with Gasteiger partial charge in [-0.05, 0) is 41.7 Å². The third-order valence-corrected chi connectivity index (χ3v) is 11.6. The molecule has 302 valence electrons. The van der Waals surface area contributed by atoms with E-state index >= 15 is 0 Å². The van der Waals surface area contributed by atoms with Crippen molar-refractivity contribution < 1.29 is 29.4 Å². The van der Waals surface area contributed by atoms with Crippen LogP contribution in [0.1, 0.15) is 51.3 Å². The van der Waals surface area contributed by atoms with Crippen LogP contribution in [0.25, 0.3) is 21.7 Å². The first-order valence-electron chi connectivity index (χ1n) is 19.2. The Labute approximate surface area is 336 Å². The number of aromatic hydroxyl groups is 1. The van der Waals surface area contributed by atoms with Gasteiger partial charge in [0.1, 0.15) is 11.8 Å². The van der Waals surface area contributed by atoms with E-state index < -0.39 is 23.5 Å². The third kappa shape index (κ3) is 9.86. The number of nitrogens with one attached hydrogen (secondary N) is 2. The van der Waals surface area contributed by atoms with Crippen molar-refractivity contribution in [2.75, 3.05) is 49.9 Å². The van der Waals surface area contributed by atoms with Gasteiger partial charge in [-0.15, -0.1) is 21.5 Å². The van der Waals surface area contributed by atoms with Gasteiger partial charge in [-0.25, -0.2) is 4.98 Å². The number of nitrogen functional groups attached to an aromatic ring is 1. The van der Waals surface area contributed by atoms with Gasteiger partial charge in [0.15, 0.2) is 5.82 Å². The van der Waals surface area contributed by atoms with Crippen molar-refractivity contribution in [2.24, 2.45) is 11.3 Å². The van der Waals surface area contributed by atoms with E-state index in [0.29, 0.717) is 43.1 Å². The normalized spacial score (nSPS) is 17.7. The summed E-state index contributed by atoms with van der Waals surface area (Å²) in [7, 11) is 0. The van der Waals surface area contributed by atoms with Crippen molar-refractivity contribution in [1.82, 2.24) is 35.6 Å². The molecule has 15 nitrogen and oxygen atoms in total. The Morgan fingerprint density at radius 1 is 0.982 bits per heavy atom. The molecule has 0 aliphatic carbocycles. The second kappa shape index (κ2) is 17.7. The number of phenolic OH excluding ortho intramolecular Hbond substituents is 1. The highest BCUT2D eigenvalue weighted by Crippen LogP contribution is 2.33. The summed E-state index contributed by atoms with van der Waals surface area (Å²) in [6.45, 7) is 9.78. The SMILES string of the molecule is Cc1ncsc1-c1ccc(CNC(=O)[C@@H]2C[C@@H](O)CN2C(=O)[C@@H](CNC(=O)CCC(=O)N2CCN(c3cc(-c4ccccc4O)nnc3N)CC2)C(C)(C)C)cc1. The fraction of sp³-hybridized carbons (Fsp3) is 0.439. The van der Waals surface area contributed by atoms with E-state index in [9.17, 15) is 29.4 Å². The Kier molecular flexibility index (Phi) is 12.7. The summed E-state index contributed by atoms with van der Waals surface area (Å²) in [6, 6.07) is 15.6. The average Bonchev–Trinajstić information content (AvgIpc) is 3.81. The van der Waals surface area contributed by atoms with Gasteiger partial charge in [0, 0.05) is 70.6 Å². The molecular weight excluding hydrogens is 747 g/mol. The number of aliphatic hydroxyl groups is 1. The topological polar surface area (TPSA) is 207 Å². The number of amides is 4. The minimum atomic E-state index is -0.852. The smallest absolute Gasteiger partial charge is 0.243 e. The Hall–Kier alpha value is -5.61. The molecule has 2 fully saturated rings. The number of benzene rings is 2. The van der Waals surface area contributed by atoms with E-state index in [1.54, 1.807) is 46.6 Å². The first kappa shape index (κ1) is 41.0. The highest BCUT2D eigenvalue weighted by Gasteiger charge is 2.44. The summed E-state index contributed by atoms with van der Waals surface area (Å²) in [6.07, 6.45) is -0.778. The molecule has 0 unspecified atom stereocenters. The zero-order chi connectivity index (χ0) is 40.9. The van der Waals surface area contributed by atoms with E-state index in [-0.39, 0.29) is 74.1 Å². The monoisotopic (exact) mass is 797 g/mol. The first-order chi connectivity index (χ1) is 27.2. The Morgan fingerprint density at radius 3 is 2.37 bits per heavy atom. The molecular formula is C41H51N9O6S. The molecule has 2 aromatic heterocycles. The maximum Gasteiger partial charge on any atom is 0.243 e. The maximum absolute atomic E-state index is 14.0. The third-order valence-electron chi connectivity index (χ3n) is 10.7. The van der Waals surface area contributed by atoms with Crippen molar-refractivity contribution >= 4 is 46.5 Å². The summed E-state index contributed by atoms with van der Waals surface area (Å²) in [5, 5.41) is 34.9. The Bertz CT molecular complexity index is 2080. The number of nitrogens with two attached hydrogens (primary N) is 1. The Balaban J connectivity index is 0.978. The predicted molar refractivity (Wildman–Crippen MR) is 218 cm³/mol. The van der Waals surface area contributed by atoms with Crippen LogP contribution in [0.15, 0.2) is 60.1 Å². The lowest BCUT2D eigenvalue weighted by Gasteiger charge is -2.36. The number of piperazine rings is 1. The number of β-amino-alcohol motifs (C(OH)–C–C–N with tert-alkyl or cyclic N) is 1. The summed E-state index contributed by atoms with van der Waals surface area (Å²) >= 11 is 1.57. The molecule has 57 heavy (non-hydrogen) atoms. The van der Waals surface area contributed by atoms with E-state index in [1.165, 1.54) is 4.90 Å². The number of hydrogen-bond donors (Lipinski definition) is 5. The fourth-order valence-corrected chi connectivity index (χ4v) is 8.09. The molecule has 0 bridgehead atoms. The lowest BCUT2D eigenvalue weighted by atomic mass is 9.79. The van der Waals surface area contributed by atoms with Gasteiger partial charge < -0.3 is 41.3 Å². The van der Waals surface area contributed by atoms with Crippen LogP contribution in [-0.4, -0.2) is 110 Å². The largest absolute Gasteiger partial charge is 0.507 e. The first-order valence-corrected chi connectivity index (χ1v) is 20.0. The van der Waals surface area contributed by atoms with E-state index in [2.05, 4.69) is 25.8 Å². The molecule has 6 N–H and O–H groups in total. The molecule has 4 aromatic rings. The predicted octanol–water partition coefficient (Wildman–Crippen LogP) is 3.35. The summed E-state index contributed by atoms with van der Waals surface area (Å²) in [5.74, 6) is -1.54. The maximum atomic E-state index is 14.0. The molecule has 3 atom stereocenters. The number of likely N-dealkylation sites (tertiary alicyclic amines) is 1. The zero-order valence-corrected chi connectivity index (χ0v) is 33.6. The Morgan fingerprint density at radius 2 is 1.70 bits per heavy atom. The number of rotatable bonds is 12. The molecule has 16 heteroatoms. The molecule has 2 aliphatic heterocycles. The standard InChI is InChI=1S/C41H51N9O6S/c1-25-37(57-24-45-25)27-11-9-26(10-12-27)21-44-39(55)33-19-28(51)23-50(33)40(56)30(41(2,3)4)22-43-35(53)13-14-36(54)49-17-15-48(16-18-49)32-20-31(46-47-38(32)42)29-7-5-6-8-34(29)52/h5-12,20,24,28,30,33,51-52H,13-19,21-23H2,1-4H3,(H2,42,47)(H,43,53)(H,44,55)/t28-,30-,33+/m1/s1. The molecule has 2 aliphatic rings. The molecule has 0 radical (unpaired) electrons. The van der Waals surface area contributed by atoms with Crippen LogP contribution in [0.4, 0.5) is 11.5 Å². The number of carbonyl (C=O) groups excluding carboxylic acids is 4. The number of para-hydroxylation sites is 1. The number of hydrogen-bond acceptors (Lipinski definition) is 12. The van der Waals surface area contributed by atoms with Crippen LogP contribution in [0.2, 0.25) is 0 Å². The van der Waals surface area contributed by atoms with E-state index in [1.807, 2.05) is 62.4 Å². The number of phenols is 1. The van der Waals surface area contributed by atoms with Gasteiger partial charge >= 0.3 is 0 Å². The number of aryl methyl sites for hydroxylation is 1. The van der Waals surface area contributed by atoms with E-state index in [0.717, 1.165) is 21.7 Å². The molecule has 0 saturated carbocycles. The number of carbonyl (C=O) groups is 4. The fourth-order valence-electron chi connectivity index (χ4n) is 7.28. The molecule has 4 amide bonds. The van der Waals surface area contributed by atoms with Crippen molar-refractivity contribution in [2.45, 2.75) is 65.6 Å². The van der Waals surface area contributed by atoms with Gasteiger partial charge in [-0.3, -0.25) is 19.2 Å². The lowest BCUT2D eigenvalue weighted by Crippen LogP contribution is -2.52. The summed E-state index contributed by atoms with van der Waals surface area (Å²) in [4.78, 5) is 64.2. The van der Waals surface area contributed by atoms with Gasteiger partial charge in [-0.2, -0.15) is 0 Å². The van der Waals surface area contributed by atoms with Crippen LogP contribution in [0.5, 0.6) is 5.75 Å². The van der Waals surface area contributed by atoms with Crippen LogP contribution in [0.3, 0.4) is 0 Å². The van der Waals surface area contributed by atoms with Crippen LogP contribution < -0.4 is 21.3 Å². The number of aliphatic hydroxyl groups excluding tert-OH is 1. The highest BCUT2D eigenvalue weighted by atomic mass is 32.1. The van der Waals surface area contributed by atoms with Crippen LogP contribution >= 0.6 is 11.3 Å². The van der Waals surface area contributed by atoms with Crippen molar-refractivity contribution in [3.05, 3.63) is 71.4 Å². The van der Waals surface area contributed by atoms with Crippen molar-refractivity contribution in [3.63, 3.8) is 0 Å². The van der Waals surface area contributed by atoms with Crippen LogP contribution in [-0.2, 0) is 25.7 Å². The van der Waals surface area contributed by atoms with Gasteiger partial charge in [0.05, 0.1) is 39.5 Å². The lowest BCUT2D eigenvalue weighted by molar-refractivity contribution is -0.144. The zero-order valence-electron chi connectivity index (χ0n) is 32.8. The quantitative estimate of drug-likeness (QED) is 0.141. The molecule has 4 heterocycles. The molecule has 2 saturated heterocycles. The molecule has 0 spiro atoms. The minimum Gasteiger partial charge on any atom is -0.507 e. The minimum absolute atomic E-state index is 0.00448. The van der Waals surface area contributed by atoms with Crippen LogP contribution in [0, 0.1) is 18.3 Å². The number of aromatic nitrogens is 3. The molecule has 2 aromatic carbocycles. The number of nitrogens with zero attached hydrogens (tertiary/aromatic N) is 6. The van der Waals surface area contributed by atoms with Crippen molar-refractivity contribution in [3.8, 4) is 27.4 Å². The second-order valence-corrected chi connectivity index (χ2v) is 16.5. The summed E-state index contributed by atoms with van der Waals surface area (Å²) in [5.41, 5.74) is 12.0. The second-order valence-electron chi connectivity index (χ2n) is 15.7.